The van der Waals surface area contributed by atoms with E-state index in [9.17, 15) is 0 Å². The number of anilines is 1. The lowest BCUT2D eigenvalue weighted by Gasteiger charge is -2.26. The zero-order valence-electron chi connectivity index (χ0n) is 7.79. The first-order chi connectivity index (χ1) is 7.33. The van der Waals surface area contributed by atoms with Gasteiger partial charge in [-0.3, -0.25) is 0 Å². The zero-order valence-corrected chi connectivity index (χ0v) is 7.79. The lowest BCUT2D eigenvalue weighted by molar-refractivity contribution is 0.313. The fourth-order valence-electron chi connectivity index (χ4n) is 1.35. The second-order valence-corrected chi connectivity index (χ2v) is 3.35. The molecule has 8 nitrogen and oxygen atoms in total. The van der Waals surface area contributed by atoms with Crippen LogP contribution in [0.3, 0.4) is 0 Å². The van der Waals surface area contributed by atoms with Gasteiger partial charge in [0.1, 0.15) is 0 Å². The number of nitrogens with two attached hydrogens (primary N) is 1. The lowest BCUT2D eigenvalue weighted by Crippen LogP contribution is -2.43. The van der Waals surface area contributed by atoms with Gasteiger partial charge in [0.2, 0.25) is 0 Å². The third-order valence-corrected chi connectivity index (χ3v) is 2.31. The molecule has 1 aliphatic rings. The van der Waals surface area contributed by atoms with Crippen molar-refractivity contribution in [3.8, 4) is 11.6 Å². The van der Waals surface area contributed by atoms with Crippen molar-refractivity contribution in [3.05, 3.63) is 6.20 Å². The van der Waals surface area contributed by atoms with Crippen molar-refractivity contribution in [1.29, 1.82) is 0 Å². The van der Waals surface area contributed by atoms with Crippen molar-refractivity contribution in [2.24, 2.45) is 0 Å². The van der Waals surface area contributed by atoms with Gasteiger partial charge in [0, 0.05) is 13.1 Å². The average molecular weight is 207 g/mol. The minimum absolute atomic E-state index is 0.102. The van der Waals surface area contributed by atoms with Gasteiger partial charge >= 0.3 is 0 Å². The predicted octanol–water partition coefficient (Wildman–Crippen LogP) is -0.945. The Balaban J connectivity index is 1.89. The van der Waals surface area contributed by atoms with Crippen LogP contribution in [-0.2, 0) is 0 Å². The molecule has 0 atom stereocenters. The summed E-state index contributed by atoms with van der Waals surface area (Å²) in [6.07, 6.45) is 1.78. The summed E-state index contributed by atoms with van der Waals surface area (Å²) in [4.78, 5) is 3.87. The molecule has 78 valence electrons. The smallest absolute Gasteiger partial charge is 0.281 e. The van der Waals surface area contributed by atoms with Gasteiger partial charge in [0.25, 0.3) is 11.8 Å². The highest BCUT2D eigenvalue weighted by Crippen LogP contribution is 2.17. The Morgan fingerprint density at radius 1 is 1.53 bits per heavy atom. The first-order valence-corrected chi connectivity index (χ1v) is 4.55. The first-order valence-electron chi connectivity index (χ1n) is 4.55. The van der Waals surface area contributed by atoms with Crippen LogP contribution >= 0.6 is 0 Å². The Bertz CT molecular complexity index is 471. The minimum Gasteiger partial charge on any atom is -0.365 e. The van der Waals surface area contributed by atoms with Crippen LogP contribution < -0.4 is 11.1 Å². The number of nitrogens with one attached hydrogen (secondary N) is 1. The molecule has 0 spiro atoms. The summed E-state index contributed by atoms with van der Waals surface area (Å²) in [7, 11) is 0. The summed E-state index contributed by atoms with van der Waals surface area (Å²) >= 11 is 0. The van der Waals surface area contributed by atoms with Crippen LogP contribution in [0.1, 0.15) is 6.04 Å². The maximum atomic E-state index is 5.34. The number of aromatic nitrogens is 5. The molecule has 2 aromatic heterocycles. The number of rotatable bonds is 2. The topological polar surface area (TPSA) is 108 Å². The molecule has 0 amide bonds. The van der Waals surface area contributed by atoms with E-state index in [2.05, 4.69) is 25.8 Å². The Hall–Kier alpha value is -1.96. The van der Waals surface area contributed by atoms with Crippen molar-refractivity contribution in [3.63, 3.8) is 0 Å². The Morgan fingerprint density at radius 3 is 3.00 bits per heavy atom. The standard InChI is InChI=1S/C7H9N7O/c8-7-10-6(15-12-7)5-3-14(13-11-5)4-1-9-2-4/h3-4,9H,1-2H2,(H2,8,12). The lowest BCUT2D eigenvalue weighted by atomic mass is 10.2. The van der Waals surface area contributed by atoms with E-state index in [1.54, 1.807) is 10.9 Å². The molecule has 0 unspecified atom stereocenters. The average Bonchev–Trinajstić information content (AvgIpc) is 2.70. The van der Waals surface area contributed by atoms with Crippen molar-refractivity contribution >= 4 is 5.95 Å². The SMILES string of the molecule is Nc1noc(-c2cn(C3CNC3)nn2)n1. The fraction of sp³-hybridized carbons (Fsp3) is 0.429. The van der Waals surface area contributed by atoms with E-state index in [1.165, 1.54) is 0 Å². The van der Waals surface area contributed by atoms with Crippen LogP contribution in [0.4, 0.5) is 5.95 Å². The second kappa shape index (κ2) is 3.02. The summed E-state index contributed by atoms with van der Waals surface area (Å²) in [5.41, 5.74) is 5.89. The Kier molecular flexibility index (Phi) is 1.68. The van der Waals surface area contributed by atoms with Crippen LogP contribution in [0.25, 0.3) is 11.6 Å². The molecule has 3 heterocycles. The highest BCUT2D eigenvalue weighted by atomic mass is 16.5. The maximum Gasteiger partial charge on any atom is 0.281 e. The molecular formula is C7H9N7O. The van der Waals surface area contributed by atoms with Gasteiger partial charge in [-0.25, -0.2) is 4.68 Å². The van der Waals surface area contributed by atoms with Crippen LogP contribution in [0, 0.1) is 0 Å². The van der Waals surface area contributed by atoms with Gasteiger partial charge in [-0.15, -0.1) is 5.10 Å². The molecule has 1 fully saturated rings. The van der Waals surface area contributed by atoms with Gasteiger partial charge in [0.05, 0.1) is 12.2 Å². The predicted molar refractivity (Wildman–Crippen MR) is 49.6 cm³/mol. The summed E-state index contributed by atoms with van der Waals surface area (Å²) in [6, 6.07) is 0.367. The fourth-order valence-corrected chi connectivity index (χ4v) is 1.35. The molecule has 1 saturated heterocycles. The van der Waals surface area contributed by atoms with Gasteiger partial charge in [-0.1, -0.05) is 5.21 Å². The van der Waals surface area contributed by atoms with E-state index in [1.807, 2.05) is 0 Å². The molecule has 1 aliphatic heterocycles. The van der Waals surface area contributed by atoms with E-state index in [0.29, 0.717) is 17.6 Å². The molecule has 0 aromatic carbocycles. The van der Waals surface area contributed by atoms with E-state index in [-0.39, 0.29) is 5.95 Å². The van der Waals surface area contributed by atoms with E-state index in [4.69, 9.17) is 10.3 Å². The normalized spacial score (nSPS) is 16.5. The number of nitrogen functional groups attached to an aromatic ring is 1. The molecule has 0 bridgehead atoms. The van der Waals surface area contributed by atoms with Crippen molar-refractivity contribution in [1.82, 2.24) is 30.5 Å². The van der Waals surface area contributed by atoms with Crippen LogP contribution in [0.5, 0.6) is 0 Å². The molecule has 0 aliphatic carbocycles. The third kappa shape index (κ3) is 1.34. The summed E-state index contributed by atoms with van der Waals surface area (Å²) in [5, 5.41) is 14.6. The van der Waals surface area contributed by atoms with Crippen LogP contribution in [-0.4, -0.2) is 38.2 Å². The molecule has 3 N–H and O–H groups in total. The van der Waals surface area contributed by atoms with E-state index in [0.717, 1.165) is 13.1 Å². The molecule has 0 saturated carbocycles. The molecular weight excluding hydrogens is 198 g/mol. The number of hydrogen-bond acceptors (Lipinski definition) is 7. The minimum atomic E-state index is 0.102. The summed E-state index contributed by atoms with van der Waals surface area (Å²) < 4.78 is 6.66. The first kappa shape index (κ1) is 8.36. The third-order valence-electron chi connectivity index (χ3n) is 2.31. The van der Waals surface area contributed by atoms with Crippen molar-refractivity contribution < 1.29 is 4.52 Å². The zero-order chi connectivity index (χ0) is 10.3. The number of nitrogens with zero attached hydrogens (tertiary/aromatic N) is 5. The van der Waals surface area contributed by atoms with Crippen LogP contribution in [0.2, 0.25) is 0 Å². The Labute approximate surface area is 84.4 Å². The second-order valence-electron chi connectivity index (χ2n) is 3.35. The van der Waals surface area contributed by atoms with Gasteiger partial charge in [-0.05, 0) is 5.16 Å². The molecule has 2 aromatic rings. The highest BCUT2D eigenvalue weighted by Gasteiger charge is 2.21. The highest BCUT2D eigenvalue weighted by molar-refractivity contribution is 5.45. The summed E-state index contributed by atoms with van der Waals surface area (Å²) in [5.74, 6) is 0.399. The molecule has 3 rings (SSSR count). The van der Waals surface area contributed by atoms with Crippen molar-refractivity contribution in [2.45, 2.75) is 6.04 Å². The Morgan fingerprint density at radius 2 is 2.40 bits per heavy atom. The van der Waals surface area contributed by atoms with Crippen LogP contribution in [0.15, 0.2) is 10.7 Å². The monoisotopic (exact) mass is 207 g/mol. The molecule has 0 radical (unpaired) electrons. The molecule has 15 heavy (non-hydrogen) atoms. The molecule has 8 heteroatoms. The number of hydrogen-bond donors (Lipinski definition) is 2. The largest absolute Gasteiger partial charge is 0.365 e. The quantitative estimate of drug-likeness (QED) is 0.653. The summed E-state index contributed by atoms with van der Waals surface area (Å²) in [6.45, 7) is 1.82. The maximum absolute atomic E-state index is 5.34. The van der Waals surface area contributed by atoms with E-state index >= 15 is 0 Å². The van der Waals surface area contributed by atoms with Gasteiger partial charge in [-0.2, -0.15) is 4.98 Å². The van der Waals surface area contributed by atoms with E-state index < -0.39 is 0 Å². The van der Waals surface area contributed by atoms with Crippen molar-refractivity contribution in [2.75, 3.05) is 18.8 Å². The van der Waals surface area contributed by atoms with Gasteiger partial charge < -0.3 is 15.6 Å². The van der Waals surface area contributed by atoms with Gasteiger partial charge in [0.15, 0.2) is 5.69 Å².